The third-order valence-corrected chi connectivity index (χ3v) is 3.62. The van der Waals surface area contributed by atoms with E-state index in [2.05, 4.69) is 20.6 Å². The van der Waals surface area contributed by atoms with Crippen LogP contribution in [0.5, 0.6) is 0 Å². The minimum Gasteiger partial charge on any atom is -0.340 e. The van der Waals surface area contributed by atoms with Gasteiger partial charge in [0.15, 0.2) is 17.5 Å². The molecule has 4 nitrogen and oxygen atoms in total. The Hall–Kier alpha value is -2.80. The first-order chi connectivity index (χ1) is 11.9. The second-order valence-electron chi connectivity index (χ2n) is 5.20. The van der Waals surface area contributed by atoms with Gasteiger partial charge < -0.3 is 10.6 Å². The molecule has 0 fully saturated rings. The molecule has 2 aromatic carbocycles. The molecule has 0 unspecified atom stereocenters. The second kappa shape index (κ2) is 6.98. The molecule has 0 radical (unpaired) electrons. The van der Waals surface area contributed by atoms with Gasteiger partial charge in [-0.1, -0.05) is 11.6 Å². The average Bonchev–Trinajstić information content (AvgIpc) is 2.58. The SMILES string of the molecule is Cc1cc(Cl)ccc1Nc1ccnc(Nc2ccc(F)c(F)c2F)n1. The molecule has 0 aliphatic rings. The maximum atomic E-state index is 13.7. The number of rotatable bonds is 4. The Bertz CT molecular complexity index is 934. The quantitative estimate of drug-likeness (QED) is 0.613. The van der Waals surface area contributed by atoms with Crippen molar-refractivity contribution in [2.45, 2.75) is 6.92 Å². The van der Waals surface area contributed by atoms with Gasteiger partial charge in [0.05, 0.1) is 5.69 Å². The van der Waals surface area contributed by atoms with Crippen LogP contribution in [0.3, 0.4) is 0 Å². The van der Waals surface area contributed by atoms with Gasteiger partial charge >= 0.3 is 0 Å². The van der Waals surface area contributed by atoms with Crippen molar-refractivity contribution in [1.29, 1.82) is 0 Å². The summed E-state index contributed by atoms with van der Waals surface area (Å²) < 4.78 is 40.0. The van der Waals surface area contributed by atoms with Gasteiger partial charge in [-0.2, -0.15) is 4.98 Å². The molecule has 128 valence electrons. The van der Waals surface area contributed by atoms with Crippen molar-refractivity contribution >= 4 is 34.7 Å². The summed E-state index contributed by atoms with van der Waals surface area (Å²) in [5.41, 5.74) is 1.43. The fourth-order valence-electron chi connectivity index (χ4n) is 2.14. The number of nitrogens with one attached hydrogen (secondary N) is 2. The van der Waals surface area contributed by atoms with E-state index in [-0.39, 0.29) is 11.6 Å². The van der Waals surface area contributed by atoms with Crippen LogP contribution in [0.2, 0.25) is 5.02 Å². The highest BCUT2D eigenvalue weighted by atomic mass is 35.5. The van der Waals surface area contributed by atoms with Crippen LogP contribution in [-0.4, -0.2) is 9.97 Å². The Labute approximate surface area is 146 Å². The van der Waals surface area contributed by atoms with E-state index >= 15 is 0 Å². The highest BCUT2D eigenvalue weighted by molar-refractivity contribution is 6.30. The molecule has 0 bridgehead atoms. The van der Waals surface area contributed by atoms with E-state index in [0.717, 1.165) is 23.4 Å². The molecule has 0 saturated heterocycles. The fourth-order valence-corrected chi connectivity index (χ4v) is 2.36. The maximum absolute atomic E-state index is 13.7. The van der Waals surface area contributed by atoms with Gasteiger partial charge in [0.25, 0.3) is 0 Å². The van der Waals surface area contributed by atoms with Crippen LogP contribution in [0.15, 0.2) is 42.6 Å². The fraction of sp³-hybridized carbons (Fsp3) is 0.0588. The largest absolute Gasteiger partial charge is 0.340 e. The molecule has 0 saturated carbocycles. The number of halogens is 4. The molecule has 0 aliphatic carbocycles. The lowest BCUT2D eigenvalue weighted by molar-refractivity contribution is 0.449. The summed E-state index contributed by atoms with van der Waals surface area (Å²) >= 11 is 5.92. The van der Waals surface area contributed by atoms with Crippen molar-refractivity contribution in [3.05, 3.63) is 70.6 Å². The Balaban J connectivity index is 1.83. The minimum atomic E-state index is -1.56. The zero-order chi connectivity index (χ0) is 18.0. The molecule has 2 N–H and O–H groups in total. The molecular weight excluding hydrogens is 353 g/mol. The number of aromatic nitrogens is 2. The van der Waals surface area contributed by atoms with Crippen molar-refractivity contribution in [2.75, 3.05) is 10.6 Å². The molecule has 8 heteroatoms. The average molecular weight is 365 g/mol. The Kier molecular flexibility index (Phi) is 4.76. The van der Waals surface area contributed by atoms with Crippen LogP contribution in [0.25, 0.3) is 0 Å². The van der Waals surface area contributed by atoms with E-state index in [9.17, 15) is 13.2 Å². The van der Waals surface area contributed by atoms with E-state index in [1.165, 1.54) is 6.20 Å². The first-order valence-electron chi connectivity index (χ1n) is 7.21. The molecule has 0 spiro atoms. The van der Waals surface area contributed by atoms with Gasteiger partial charge in [0.1, 0.15) is 5.82 Å². The van der Waals surface area contributed by atoms with Gasteiger partial charge in [-0.25, -0.2) is 18.2 Å². The number of aryl methyl sites for hydroxylation is 1. The molecule has 3 aromatic rings. The maximum Gasteiger partial charge on any atom is 0.229 e. The number of benzene rings is 2. The molecular formula is C17H12ClF3N4. The van der Waals surface area contributed by atoms with Crippen LogP contribution >= 0.6 is 11.6 Å². The first kappa shape index (κ1) is 17.0. The predicted octanol–water partition coefficient (Wildman–Crippen LogP) is 5.34. The van der Waals surface area contributed by atoms with E-state index in [1.54, 1.807) is 24.3 Å². The predicted molar refractivity (Wildman–Crippen MR) is 91.1 cm³/mol. The smallest absolute Gasteiger partial charge is 0.229 e. The van der Waals surface area contributed by atoms with Gasteiger partial charge in [-0.3, -0.25) is 0 Å². The van der Waals surface area contributed by atoms with Gasteiger partial charge in [-0.15, -0.1) is 0 Å². The summed E-state index contributed by atoms with van der Waals surface area (Å²) in [6.07, 6.45) is 1.45. The van der Waals surface area contributed by atoms with E-state index in [0.29, 0.717) is 10.8 Å². The minimum absolute atomic E-state index is 0.0292. The molecule has 0 amide bonds. The lowest BCUT2D eigenvalue weighted by atomic mass is 10.2. The summed E-state index contributed by atoms with van der Waals surface area (Å²) in [5.74, 6) is -3.70. The Morgan fingerprint density at radius 3 is 2.44 bits per heavy atom. The standard InChI is InChI=1S/C17H12ClF3N4/c1-9-8-10(18)2-4-12(9)23-14-6-7-22-17(25-14)24-13-5-3-11(19)15(20)16(13)21/h2-8H,1H3,(H2,22,23,24,25). The zero-order valence-corrected chi connectivity index (χ0v) is 13.7. The third-order valence-electron chi connectivity index (χ3n) is 3.39. The molecule has 25 heavy (non-hydrogen) atoms. The number of anilines is 4. The Morgan fingerprint density at radius 1 is 0.920 bits per heavy atom. The third kappa shape index (κ3) is 3.83. The summed E-state index contributed by atoms with van der Waals surface area (Å²) in [4.78, 5) is 8.11. The molecule has 1 heterocycles. The number of hydrogen-bond donors (Lipinski definition) is 2. The number of hydrogen-bond acceptors (Lipinski definition) is 4. The van der Waals surface area contributed by atoms with Crippen molar-refractivity contribution in [2.24, 2.45) is 0 Å². The van der Waals surface area contributed by atoms with Crippen LogP contribution in [0.1, 0.15) is 5.56 Å². The van der Waals surface area contributed by atoms with Crippen LogP contribution in [0, 0.1) is 24.4 Å². The first-order valence-corrected chi connectivity index (χ1v) is 7.58. The number of nitrogens with zero attached hydrogens (tertiary/aromatic N) is 2. The zero-order valence-electron chi connectivity index (χ0n) is 12.9. The van der Waals surface area contributed by atoms with Crippen LogP contribution < -0.4 is 10.6 Å². The topological polar surface area (TPSA) is 49.8 Å². The lowest BCUT2D eigenvalue weighted by Gasteiger charge is -2.11. The van der Waals surface area contributed by atoms with Crippen molar-refractivity contribution in [3.8, 4) is 0 Å². The second-order valence-corrected chi connectivity index (χ2v) is 5.63. The summed E-state index contributed by atoms with van der Waals surface area (Å²) in [6, 6.07) is 8.82. The van der Waals surface area contributed by atoms with Crippen molar-refractivity contribution < 1.29 is 13.2 Å². The lowest BCUT2D eigenvalue weighted by Crippen LogP contribution is -2.04. The monoisotopic (exact) mass is 364 g/mol. The van der Waals surface area contributed by atoms with Crippen molar-refractivity contribution in [3.63, 3.8) is 0 Å². The molecule has 3 rings (SSSR count). The van der Waals surface area contributed by atoms with E-state index < -0.39 is 17.5 Å². The van der Waals surface area contributed by atoms with E-state index in [1.807, 2.05) is 6.92 Å². The highest BCUT2D eigenvalue weighted by Crippen LogP contribution is 2.25. The van der Waals surface area contributed by atoms with Crippen LogP contribution in [0.4, 0.5) is 36.3 Å². The summed E-state index contributed by atoms with van der Waals surface area (Å²) in [5, 5.41) is 6.22. The van der Waals surface area contributed by atoms with Crippen molar-refractivity contribution in [1.82, 2.24) is 9.97 Å². The van der Waals surface area contributed by atoms with Gasteiger partial charge in [-0.05, 0) is 48.9 Å². The van der Waals surface area contributed by atoms with Gasteiger partial charge in [0.2, 0.25) is 5.95 Å². The summed E-state index contributed by atoms with van der Waals surface area (Å²) in [6.45, 7) is 1.88. The summed E-state index contributed by atoms with van der Waals surface area (Å²) in [7, 11) is 0. The molecule has 0 aliphatic heterocycles. The Morgan fingerprint density at radius 2 is 1.68 bits per heavy atom. The highest BCUT2D eigenvalue weighted by Gasteiger charge is 2.14. The van der Waals surface area contributed by atoms with E-state index in [4.69, 9.17) is 11.6 Å². The molecule has 0 atom stereocenters. The van der Waals surface area contributed by atoms with Crippen LogP contribution in [-0.2, 0) is 0 Å². The molecule has 1 aromatic heterocycles. The normalized spacial score (nSPS) is 10.6. The van der Waals surface area contributed by atoms with Gasteiger partial charge in [0, 0.05) is 16.9 Å².